The first-order chi connectivity index (χ1) is 7.00. The topological polar surface area (TPSA) is 25.8 Å². The van der Waals surface area contributed by atoms with E-state index in [-0.39, 0.29) is 5.41 Å². The summed E-state index contributed by atoms with van der Waals surface area (Å²) in [5.41, 5.74) is 2.43. The Balaban J connectivity index is 2.38. The summed E-state index contributed by atoms with van der Waals surface area (Å²) in [5, 5.41) is 1.15. The number of thiazole rings is 2. The quantitative estimate of drug-likeness (QED) is 0.677. The summed E-state index contributed by atoms with van der Waals surface area (Å²) in [6.45, 7) is 6.50. The summed E-state index contributed by atoms with van der Waals surface area (Å²) in [5.74, 6) is 0. The van der Waals surface area contributed by atoms with Crippen molar-refractivity contribution in [3.05, 3.63) is 19.4 Å². The normalized spacial score (nSPS) is 16.5. The van der Waals surface area contributed by atoms with Gasteiger partial charge in [0.2, 0.25) is 0 Å². The molecule has 0 aromatic carbocycles. The zero-order chi connectivity index (χ0) is 10.8. The molecule has 1 aliphatic rings. The van der Waals surface area contributed by atoms with Gasteiger partial charge in [-0.1, -0.05) is 0 Å². The van der Waals surface area contributed by atoms with E-state index in [1.165, 1.54) is 21.1 Å². The Kier molecular flexibility index (Phi) is 2.04. The molecule has 5 heteroatoms. The van der Waals surface area contributed by atoms with Crippen molar-refractivity contribution in [2.45, 2.75) is 26.2 Å². The van der Waals surface area contributed by atoms with E-state index in [1.54, 1.807) is 22.7 Å². The highest BCUT2D eigenvalue weighted by atomic mass is 127. The second-order valence-electron chi connectivity index (χ2n) is 4.18. The van der Waals surface area contributed by atoms with Crippen LogP contribution in [0.25, 0.3) is 9.75 Å². The predicted octanol–water partition coefficient (Wildman–Crippen LogP) is 3.82. The number of aromatic nitrogens is 2. The minimum Gasteiger partial charge on any atom is -0.245 e. The summed E-state index contributed by atoms with van der Waals surface area (Å²) in [7, 11) is 0. The van der Waals surface area contributed by atoms with Gasteiger partial charge in [-0.2, -0.15) is 0 Å². The van der Waals surface area contributed by atoms with Crippen molar-refractivity contribution in [1.82, 2.24) is 9.97 Å². The summed E-state index contributed by atoms with van der Waals surface area (Å²) in [6, 6.07) is 0. The van der Waals surface area contributed by atoms with Gasteiger partial charge < -0.3 is 0 Å². The van der Waals surface area contributed by atoms with E-state index in [2.05, 4.69) is 53.3 Å². The number of aryl methyl sites for hydroxylation is 1. The van der Waals surface area contributed by atoms with E-state index in [1.807, 2.05) is 0 Å². The predicted molar refractivity (Wildman–Crippen MR) is 72.8 cm³/mol. The third-order valence-corrected chi connectivity index (χ3v) is 5.61. The van der Waals surface area contributed by atoms with Crippen molar-refractivity contribution in [1.29, 1.82) is 0 Å². The maximum absolute atomic E-state index is 4.64. The first-order valence-corrected chi connectivity index (χ1v) is 7.36. The molecule has 0 aliphatic heterocycles. The molecule has 0 amide bonds. The summed E-state index contributed by atoms with van der Waals surface area (Å²) < 4.78 is 1.13. The Hall–Kier alpha value is -0.0100. The highest BCUT2D eigenvalue weighted by Gasteiger charge is 2.41. The number of nitrogens with zero attached hydrogens (tertiary/aromatic N) is 2. The molecule has 15 heavy (non-hydrogen) atoms. The molecule has 0 bridgehead atoms. The highest BCUT2D eigenvalue weighted by Crippen LogP contribution is 2.52. The third kappa shape index (κ3) is 1.26. The lowest BCUT2D eigenvalue weighted by molar-refractivity contribution is 0.618. The zero-order valence-electron chi connectivity index (χ0n) is 8.59. The van der Waals surface area contributed by atoms with Gasteiger partial charge in [-0.25, -0.2) is 9.97 Å². The van der Waals surface area contributed by atoms with Crippen molar-refractivity contribution < 1.29 is 0 Å². The summed E-state index contributed by atoms with van der Waals surface area (Å²) in [6.07, 6.45) is 0. The van der Waals surface area contributed by atoms with Gasteiger partial charge in [0.1, 0.15) is 0 Å². The number of halogens is 1. The third-order valence-electron chi connectivity index (χ3n) is 2.73. The van der Waals surface area contributed by atoms with Crippen LogP contribution < -0.4 is 0 Å². The minimum absolute atomic E-state index is 0.00461. The van der Waals surface area contributed by atoms with Crippen LogP contribution >= 0.6 is 45.3 Å². The van der Waals surface area contributed by atoms with Crippen molar-refractivity contribution in [3.8, 4) is 9.75 Å². The van der Waals surface area contributed by atoms with E-state index >= 15 is 0 Å². The Bertz CT molecular complexity index is 506. The average molecular weight is 348 g/mol. The molecule has 0 N–H and O–H groups in total. The standard InChI is InChI=1S/C10H9IN2S2/c1-4-12-7-5(14-4)6-8(10(7,2)3)13-9(11)15-6/h1-3H3. The molecule has 0 saturated heterocycles. The average Bonchev–Trinajstić information content (AvgIpc) is 2.72. The molecule has 78 valence electrons. The molecular weight excluding hydrogens is 339 g/mol. The molecule has 2 heterocycles. The fourth-order valence-corrected chi connectivity index (χ4v) is 5.05. The minimum atomic E-state index is -0.00461. The second-order valence-corrected chi connectivity index (χ2v) is 8.14. The van der Waals surface area contributed by atoms with Crippen LogP contribution in [0.4, 0.5) is 0 Å². The van der Waals surface area contributed by atoms with Crippen molar-refractivity contribution in [2.75, 3.05) is 0 Å². The van der Waals surface area contributed by atoms with Crippen LogP contribution in [0.1, 0.15) is 30.2 Å². The first-order valence-electron chi connectivity index (χ1n) is 4.65. The molecule has 0 unspecified atom stereocenters. The summed E-state index contributed by atoms with van der Waals surface area (Å²) in [4.78, 5) is 12.0. The number of hydrogen-bond acceptors (Lipinski definition) is 4. The van der Waals surface area contributed by atoms with Gasteiger partial charge in [0.25, 0.3) is 0 Å². The number of hydrogen-bond donors (Lipinski definition) is 0. The fraction of sp³-hybridized carbons (Fsp3) is 0.400. The molecule has 0 radical (unpaired) electrons. The van der Waals surface area contributed by atoms with Gasteiger partial charge in [-0.15, -0.1) is 22.7 Å². The van der Waals surface area contributed by atoms with Crippen molar-refractivity contribution >= 4 is 45.3 Å². The molecule has 3 rings (SSSR count). The van der Waals surface area contributed by atoms with E-state index in [0.29, 0.717) is 0 Å². The van der Waals surface area contributed by atoms with Crippen LogP contribution in [0.3, 0.4) is 0 Å². The SMILES string of the molecule is Cc1nc2c(s1)-c1sc(I)nc1C2(C)C. The van der Waals surface area contributed by atoms with E-state index < -0.39 is 0 Å². The van der Waals surface area contributed by atoms with Gasteiger partial charge in [0.05, 0.1) is 31.6 Å². The second kappa shape index (κ2) is 3.01. The Morgan fingerprint density at radius 2 is 1.67 bits per heavy atom. The van der Waals surface area contributed by atoms with E-state index in [0.717, 1.165) is 8.02 Å². The largest absolute Gasteiger partial charge is 0.245 e. The van der Waals surface area contributed by atoms with Gasteiger partial charge in [0, 0.05) is 0 Å². The van der Waals surface area contributed by atoms with E-state index in [4.69, 9.17) is 0 Å². The van der Waals surface area contributed by atoms with Crippen molar-refractivity contribution in [3.63, 3.8) is 0 Å². The Morgan fingerprint density at radius 3 is 2.40 bits per heavy atom. The fourth-order valence-electron chi connectivity index (χ4n) is 1.99. The van der Waals surface area contributed by atoms with Gasteiger partial charge in [0.15, 0.2) is 3.01 Å². The molecular formula is C10H9IN2S2. The van der Waals surface area contributed by atoms with Crippen LogP contribution in [-0.4, -0.2) is 9.97 Å². The summed E-state index contributed by atoms with van der Waals surface area (Å²) >= 11 is 5.87. The Morgan fingerprint density at radius 1 is 1.07 bits per heavy atom. The zero-order valence-corrected chi connectivity index (χ0v) is 12.4. The van der Waals surface area contributed by atoms with Gasteiger partial charge >= 0.3 is 0 Å². The Labute approximate surface area is 110 Å². The lowest BCUT2D eigenvalue weighted by Crippen LogP contribution is -2.17. The van der Waals surface area contributed by atoms with Gasteiger partial charge in [-0.05, 0) is 43.4 Å². The first kappa shape index (κ1) is 10.2. The molecule has 0 spiro atoms. The smallest absolute Gasteiger partial charge is 0.154 e. The number of fused-ring (bicyclic) bond motifs is 3. The van der Waals surface area contributed by atoms with Crippen LogP contribution in [0.5, 0.6) is 0 Å². The molecule has 0 atom stereocenters. The van der Waals surface area contributed by atoms with Crippen LogP contribution in [-0.2, 0) is 5.41 Å². The lowest BCUT2D eigenvalue weighted by atomic mass is 9.90. The lowest BCUT2D eigenvalue weighted by Gasteiger charge is -2.15. The molecule has 0 saturated carbocycles. The van der Waals surface area contributed by atoms with Crippen LogP contribution in [0.15, 0.2) is 0 Å². The monoisotopic (exact) mass is 348 g/mol. The number of rotatable bonds is 0. The van der Waals surface area contributed by atoms with Crippen molar-refractivity contribution in [2.24, 2.45) is 0 Å². The van der Waals surface area contributed by atoms with E-state index in [9.17, 15) is 0 Å². The van der Waals surface area contributed by atoms with Crippen LogP contribution in [0, 0.1) is 9.94 Å². The maximum Gasteiger partial charge on any atom is 0.154 e. The van der Waals surface area contributed by atoms with Crippen LogP contribution in [0.2, 0.25) is 0 Å². The maximum atomic E-state index is 4.64. The highest BCUT2D eigenvalue weighted by molar-refractivity contribution is 14.1. The molecule has 1 aliphatic carbocycles. The molecule has 2 aromatic rings. The molecule has 2 aromatic heterocycles. The molecule has 0 fully saturated rings. The molecule has 2 nitrogen and oxygen atoms in total. The van der Waals surface area contributed by atoms with Gasteiger partial charge in [-0.3, -0.25) is 0 Å².